The molecule has 0 unspecified atom stereocenters. The van der Waals surface area contributed by atoms with Gasteiger partial charge in [0.2, 0.25) is 0 Å². The van der Waals surface area contributed by atoms with E-state index in [1.54, 1.807) is 0 Å². The van der Waals surface area contributed by atoms with E-state index in [9.17, 15) is 0 Å². The highest BCUT2D eigenvalue weighted by Crippen LogP contribution is 2.37. The number of hydrogen-bond donors (Lipinski definition) is 0. The third-order valence-corrected chi connectivity index (χ3v) is 3.69. The smallest absolute Gasteiger partial charge is 0.0545 e. The Kier molecular flexibility index (Phi) is 5.86. The standard InChI is InChI=1S/C14H29N3/c1-9-15-16-17(10-2)14(7,8)11-13(5,6)12(3)4/h9,12H,1,10-11H2,2-8H3/b16-15-. The van der Waals surface area contributed by atoms with Gasteiger partial charge in [-0.2, -0.15) is 0 Å². The van der Waals surface area contributed by atoms with Crippen LogP contribution in [0.4, 0.5) is 0 Å². The first-order valence-corrected chi connectivity index (χ1v) is 6.46. The van der Waals surface area contributed by atoms with Gasteiger partial charge in [-0.15, -0.1) is 5.11 Å². The lowest BCUT2D eigenvalue weighted by atomic mass is 9.72. The molecule has 0 amide bonds. The lowest BCUT2D eigenvalue weighted by Gasteiger charge is -2.42. The molecule has 0 aliphatic rings. The summed E-state index contributed by atoms with van der Waals surface area (Å²) in [6.07, 6.45) is 2.56. The monoisotopic (exact) mass is 239 g/mol. The van der Waals surface area contributed by atoms with Crippen molar-refractivity contribution in [1.29, 1.82) is 0 Å². The second-order valence-corrected chi connectivity index (χ2v) is 6.24. The first-order valence-electron chi connectivity index (χ1n) is 6.46. The first kappa shape index (κ1) is 16.1. The summed E-state index contributed by atoms with van der Waals surface area (Å²) in [5.74, 6) is 0.650. The van der Waals surface area contributed by atoms with Crippen molar-refractivity contribution in [2.24, 2.45) is 21.7 Å². The predicted octanol–water partition coefficient (Wildman–Crippen LogP) is 4.67. The van der Waals surface area contributed by atoms with Crippen molar-refractivity contribution in [1.82, 2.24) is 5.01 Å². The highest BCUT2D eigenvalue weighted by Gasteiger charge is 2.34. The average molecular weight is 239 g/mol. The van der Waals surface area contributed by atoms with Crippen molar-refractivity contribution < 1.29 is 0 Å². The average Bonchev–Trinajstić information content (AvgIpc) is 2.16. The van der Waals surface area contributed by atoms with Gasteiger partial charge in [-0.1, -0.05) is 39.5 Å². The fourth-order valence-electron chi connectivity index (χ4n) is 2.12. The molecule has 0 rings (SSSR count). The van der Waals surface area contributed by atoms with E-state index < -0.39 is 0 Å². The summed E-state index contributed by atoms with van der Waals surface area (Å²) in [7, 11) is 0. The second kappa shape index (κ2) is 6.18. The van der Waals surface area contributed by atoms with Gasteiger partial charge in [0.05, 0.1) is 5.54 Å². The maximum Gasteiger partial charge on any atom is 0.0545 e. The van der Waals surface area contributed by atoms with E-state index in [1.165, 1.54) is 6.20 Å². The maximum atomic E-state index is 4.22. The third kappa shape index (κ3) is 4.88. The van der Waals surface area contributed by atoms with Crippen LogP contribution in [0.1, 0.15) is 54.9 Å². The first-order chi connectivity index (χ1) is 7.67. The van der Waals surface area contributed by atoms with E-state index in [4.69, 9.17) is 0 Å². The Morgan fingerprint density at radius 1 is 1.24 bits per heavy atom. The number of rotatable bonds is 7. The fourth-order valence-corrected chi connectivity index (χ4v) is 2.12. The molecule has 0 aromatic carbocycles. The molecule has 0 radical (unpaired) electrons. The fraction of sp³-hybridized carbons (Fsp3) is 0.857. The molecule has 3 heteroatoms. The minimum Gasteiger partial charge on any atom is -0.273 e. The predicted molar refractivity (Wildman–Crippen MR) is 74.7 cm³/mol. The molecule has 100 valence electrons. The van der Waals surface area contributed by atoms with E-state index in [0.717, 1.165) is 13.0 Å². The number of nitrogens with zero attached hydrogens (tertiary/aromatic N) is 3. The van der Waals surface area contributed by atoms with E-state index >= 15 is 0 Å². The molecule has 0 saturated carbocycles. The number of hydrogen-bond acceptors (Lipinski definition) is 2. The van der Waals surface area contributed by atoms with Gasteiger partial charge in [0.25, 0.3) is 0 Å². The van der Waals surface area contributed by atoms with Crippen LogP contribution < -0.4 is 0 Å². The maximum absolute atomic E-state index is 4.22. The zero-order chi connectivity index (χ0) is 13.7. The third-order valence-electron chi connectivity index (χ3n) is 3.69. The van der Waals surface area contributed by atoms with E-state index in [-0.39, 0.29) is 5.54 Å². The second-order valence-electron chi connectivity index (χ2n) is 6.24. The largest absolute Gasteiger partial charge is 0.273 e. The van der Waals surface area contributed by atoms with Crippen molar-refractivity contribution >= 4 is 0 Å². The van der Waals surface area contributed by atoms with Gasteiger partial charge >= 0.3 is 0 Å². The Morgan fingerprint density at radius 2 is 1.76 bits per heavy atom. The highest BCUT2D eigenvalue weighted by atomic mass is 15.6. The van der Waals surface area contributed by atoms with Crippen LogP contribution in [0.25, 0.3) is 0 Å². The van der Waals surface area contributed by atoms with E-state index in [0.29, 0.717) is 11.3 Å². The van der Waals surface area contributed by atoms with Crippen LogP contribution in [0.15, 0.2) is 23.1 Å². The van der Waals surface area contributed by atoms with Gasteiger partial charge in [-0.05, 0) is 38.5 Å². The Hall–Kier alpha value is -0.860. The molecule has 0 aromatic heterocycles. The topological polar surface area (TPSA) is 28.0 Å². The quantitative estimate of drug-likeness (QED) is 0.468. The van der Waals surface area contributed by atoms with Crippen LogP contribution in [0.2, 0.25) is 0 Å². The molecule has 0 saturated heterocycles. The highest BCUT2D eigenvalue weighted by molar-refractivity contribution is 4.87. The Balaban J connectivity index is 4.85. The van der Waals surface area contributed by atoms with Gasteiger partial charge in [0.1, 0.15) is 0 Å². The van der Waals surface area contributed by atoms with Crippen LogP contribution in [0.5, 0.6) is 0 Å². The Labute approximate surface area is 107 Å². The minimum atomic E-state index is 0.00896. The van der Waals surface area contributed by atoms with E-state index in [2.05, 4.69) is 65.4 Å². The molecule has 0 spiro atoms. The molecule has 0 heterocycles. The molecule has 0 fully saturated rings. The van der Waals surface area contributed by atoms with Gasteiger partial charge in [0, 0.05) is 12.7 Å². The van der Waals surface area contributed by atoms with Gasteiger partial charge in [-0.25, -0.2) is 0 Å². The summed E-state index contributed by atoms with van der Waals surface area (Å²) >= 11 is 0. The van der Waals surface area contributed by atoms with Gasteiger partial charge in [0.15, 0.2) is 0 Å². The normalized spacial score (nSPS) is 13.4. The van der Waals surface area contributed by atoms with Crippen molar-refractivity contribution in [2.75, 3.05) is 6.54 Å². The summed E-state index contributed by atoms with van der Waals surface area (Å²) < 4.78 is 0. The molecular weight excluding hydrogens is 210 g/mol. The van der Waals surface area contributed by atoms with Crippen molar-refractivity contribution in [3.8, 4) is 0 Å². The van der Waals surface area contributed by atoms with Crippen molar-refractivity contribution in [3.05, 3.63) is 12.8 Å². The van der Waals surface area contributed by atoms with Gasteiger partial charge < -0.3 is 0 Å². The van der Waals surface area contributed by atoms with Crippen molar-refractivity contribution in [2.45, 2.75) is 60.4 Å². The zero-order valence-electron chi connectivity index (χ0n) is 12.6. The summed E-state index contributed by atoms with van der Waals surface area (Å²) in [4.78, 5) is 0. The molecule has 0 aromatic rings. The molecule has 0 atom stereocenters. The molecule has 0 aliphatic heterocycles. The SMILES string of the molecule is C=C/N=N\N(CC)C(C)(C)CC(C)(C)C(C)C. The van der Waals surface area contributed by atoms with Crippen LogP contribution in [0.3, 0.4) is 0 Å². The van der Waals surface area contributed by atoms with Crippen molar-refractivity contribution in [3.63, 3.8) is 0 Å². The Morgan fingerprint density at radius 3 is 2.12 bits per heavy atom. The molecule has 0 N–H and O–H groups in total. The lowest BCUT2D eigenvalue weighted by Crippen LogP contribution is -2.44. The summed E-state index contributed by atoms with van der Waals surface area (Å²) in [5, 5.41) is 10.2. The molecule has 3 nitrogen and oxygen atoms in total. The molecular formula is C14H29N3. The Bertz CT molecular complexity index is 265. The summed E-state index contributed by atoms with van der Waals surface area (Å²) in [6, 6.07) is 0. The minimum absolute atomic E-state index is 0.00896. The molecule has 17 heavy (non-hydrogen) atoms. The van der Waals surface area contributed by atoms with Crippen LogP contribution in [0, 0.1) is 11.3 Å². The van der Waals surface area contributed by atoms with Crippen LogP contribution >= 0.6 is 0 Å². The van der Waals surface area contributed by atoms with Crippen LogP contribution in [-0.2, 0) is 0 Å². The summed E-state index contributed by atoms with van der Waals surface area (Å²) in [5.41, 5.74) is 0.301. The van der Waals surface area contributed by atoms with E-state index in [1.807, 2.05) is 5.01 Å². The molecule has 0 aliphatic carbocycles. The lowest BCUT2D eigenvalue weighted by molar-refractivity contribution is 0.0536. The zero-order valence-corrected chi connectivity index (χ0v) is 12.6. The molecule has 0 bridgehead atoms. The van der Waals surface area contributed by atoms with Crippen LogP contribution in [-0.4, -0.2) is 17.1 Å². The van der Waals surface area contributed by atoms with Gasteiger partial charge in [-0.3, -0.25) is 5.01 Å². The summed E-state index contributed by atoms with van der Waals surface area (Å²) in [6.45, 7) is 20.2.